The maximum absolute atomic E-state index is 12.3. The topological polar surface area (TPSA) is 33.1 Å². The largest absolute Gasteiger partial charge is 0.504 e. The Hall–Kier alpha value is -2.08. The summed E-state index contributed by atoms with van der Waals surface area (Å²) in [5.41, 5.74) is 0.648. The third-order valence-corrected chi connectivity index (χ3v) is 3.82. The van der Waals surface area contributed by atoms with Gasteiger partial charge < -0.3 is 5.11 Å². The van der Waals surface area contributed by atoms with E-state index in [1.165, 1.54) is 0 Å². The van der Waals surface area contributed by atoms with Crippen LogP contribution in [0.25, 0.3) is 27.1 Å². The molecule has 2 nitrogen and oxygen atoms in total. The fourth-order valence-corrected chi connectivity index (χ4v) is 2.86. The first-order valence-electron chi connectivity index (χ1n) is 5.71. The van der Waals surface area contributed by atoms with Gasteiger partial charge in [0.25, 0.3) is 0 Å². The highest BCUT2D eigenvalue weighted by Gasteiger charge is 2.34. The van der Waals surface area contributed by atoms with Crippen LogP contribution in [0.2, 0.25) is 0 Å². The normalized spacial score (nSPS) is 13.2. The lowest BCUT2D eigenvalue weighted by molar-refractivity contribution is -0.119. The van der Waals surface area contributed by atoms with Gasteiger partial charge in [0.05, 0.1) is 10.2 Å². The molecule has 0 aliphatic rings. The van der Waals surface area contributed by atoms with Gasteiger partial charge in [-0.05, 0) is 11.5 Å². The standard InChI is InChI=1S/C14H8F3NOS/c15-14(16,17)11(19)7-12-18-13-9-4-2-1-3-8(9)5-6-10(13)20-12/h1-7,19H. The minimum atomic E-state index is -4.75. The summed E-state index contributed by atoms with van der Waals surface area (Å²) in [7, 11) is 0. The van der Waals surface area contributed by atoms with Crippen LogP contribution in [-0.4, -0.2) is 16.3 Å². The summed E-state index contributed by atoms with van der Waals surface area (Å²) in [5, 5.41) is 11.0. The second-order valence-corrected chi connectivity index (χ2v) is 5.28. The Bertz CT molecular complexity index is 820. The third-order valence-electron chi connectivity index (χ3n) is 2.85. The Morgan fingerprint density at radius 2 is 1.90 bits per heavy atom. The zero-order valence-corrected chi connectivity index (χ0v) is 10.8. The molecule has 0 saturated carbocycles. The van der Waals surface area contributed by atoms with Gasteiger partial charge in [0.2, 0.25) is 5.76 Å². The lowest BCUT2D eigenvalue weighted by Gasteiger charge is -2.02. The molecule has 0 saturated heterocycles. The number of nitrogens with zero attached hydrogens (tertiary/aromatic N) is 1. The molecule has 0 amide bonds. The molecular formula is C14H8F3NOS. The quantitative estimate of drug-likeness (QED) is 0.647. The number of rotatable bonds is 1. The second kappa shape index (κ2) is 4.49. The number of hydrogen-bond acceptors (Lipinski definition) is 3. The first-order chi connectivity index (χ1) is 9.45. The molecule has 1 aromatic heterocycles. The van der Waals surface area contributed by atoms with Gasteiger partial charge in [-0.1, -0.05) is 30.3 Å². The van der Waals surface area contributed by atoms with Crippen LogP contribution in [0, 0.1) is 0 Å². The smallest absolute Gasteiger partial charge is 0.448 e. The molecule has 0 spiro atoms. The first kappa shape index (κ1) is 12.9. The van der Waals surface area contributed by atoms with Crippen molar-refractivity contribution in [3.63, 3.8) is 0 Å². The van der Waals surface area contributed by atoms with Crippen molar-refractivity contribution < 1.29 is 18.3 Å². The summed E-state index contributed by atoms with van der Waals surface area (Å²) >= 11 is 1.11. The lowest BCUT2D eigenvalue weighted by atomic mass is 10.1. The average Bonchev–Trinajstić information content (AvgIpc) is 2.80. The Kier molecular flexibility index (Phi) is 2.90. The molecule has 2 aromatic carbocycles. The predicted molar refractivity (Wildman–Crippen MR) is 73.8 cm³/mol. The van der Waals surface area contributed by atoms with E-state index in [9.17, 15) is 13.2 Å². The van der Waals surface area contributed by atoms with Crippen molar-refractivity contribution in [2.24, 2.45) is 0 Å². The molecule has 102 valence electrons. The highest BCUT2D eigenvalue weighted by atomic mass is 32.1. The molecule has 3 aromatic rings. The molecule has 0 bridgehead atoms. The maximum atomic E-state index is 12.3. The van der Waals surface area contributed by atoms with Gasteiger partial charge in [-0.2, -0.15) is 13.2 Å². The van der Waals surface area contributed by atoms with Gasteiger partial charge in [-0.25, -0.2) is 4.98 Å². The van der Waals surface area contributed by atoms with Crippen molar-refractivity contribution in [2.75, 3.05) is 0 Å². The minimum Gasteiger partial charge on any atom is -0.504 e. The van der Waals surface area contributed by atoms with Crippen molar-refractivity contribution in [3.8, 4) is 0 Å². The predicted octanol–water partition coefficient (Wildman–Crippen LogP) is 4.91. The van der Waals surface area contributed by atoms with Gasteiger partial charge in [0, 0.05) is 11.5 Å². The number of aliphatic hydroxyl groups is 1. The fraction of sp³-hybridized carbons (Fsp3) is 0.0714. The van der Waals surface area contributed by atoms with Crippen molar-refractivity contribution >= 4 is 38.4 Å². The van der Waals surface area contributed by atoms with Crippen molar-refractivity contribution in [1.82, 2.24) is 4.98 Å². The van der Waals surface area contributed by atoms with Crippen molar-refractivity contribution in [3.05, 3.63) is 47.2 Å². The van der Waals surface area contributed by atoms with E-state index in [0.717, 1.165) is 26.8 Å². The van der Waals surface area contributed by atoms with Crippen LogP contribution in [-0.2, 0) is 0 Å². The molecule has 0 unspecified atom stereocenters. The van der Waals surface area contributed by atoms with E-state index in [1.54, 1.807) is 0 Å². The second-order valence-electron chi connectivity index (χ2n) is 4.21. The summed E-state index contributed by atoms with van der Waals surface area (Å²) in [6.45, 7) is 0. The Balaban J connectivity index is 2.19. The lowest BCUT2D eigenvalue weighted by Crippen LogP contribution is -2.10. The molecule has 1 N–H and O–H groups in total. The average molecular weight is 295 g/mol. The molecule has 3 rings (SSSR count). The number of halogens is 3. The third kappa shape index (κ3) is 2.22. The number of aliphatic hydroxyl groups excluding tert-OH is 1. The van der Waals surface area contributed by atoms with E-state index >= 15 is 0 Å². The van der Waals surface area contributed by atoms with E-state index in [1.807, 2.05) is 36.4 Å². The van der Waals surface area contributed by atoms with Crippen LogP contribution in [0.1, 0.15) is 5.01 Å². The van der Waals surface area contributed by atoms with Gasteiger partial charge >= 0.3 is 6.18 Å². The molecule has 1 heterocycles. The molecular weight excluding hydrogens is 287 g/mol. The summed E-state index contributed by atoms with van der Waals surface area (Å²) in [6.07, 6.45) is -4.10. The van der Waals surface area contributed by atoms with Gasteiger partial charge in [-0.15, -0.1) is 11.3 Å². The summed E-state index contributed by atoms with van der Waals surface area (Å²) in [4.78, 5) is 4.18. The summed E-state index contributed by atoms with van der Waals surface area (Å²) < 4.78 is 37.7. The number of aromatic nitrogens is 1. The Morgan fingerprint density at radius 3 is 2.65 bits per heavy atom. The maximum Gasteiger partial charge on any atom is 0.448 e. The van der Waals surface area contributed by atoms with Crippen LogP contribution >= 0.6 is 11.3 Å². The van der Waals surface area contributed by atoms with Gasteiger partial charge in [0.1, 0.15) is 5.01 Å². The Labute approximate surface area is 115 Å². The highest BCUT2D eigenvalue weighted by Crippen LogP contribution is 2.32. The zero-order chi connectivity index (χ0) is 14.3. The van der Waals surface area contributed by atoms with Crippen LogP contribution in [0.15, 0.2) is 42.2 Å². The van der Waals surface area contributed by atoms with Crippen LogP contribution in [0.4, 0.5) is 13.2 Å². The van der Waals surface area contributed by atoms with E-state index < -0.39 is 11.9 Å². The molecule has 0 radical (unpaired) electrons. The number of benzene rings is 2. The number of allylic oxidation sites excluding steroid dienone is 1. The fourth-order valence-electron chi connectivity index (χ4n) is 1.94. The molecule has 0 atom stereocenters. The number of alkyl halides is 3. The van der Waals surface area contributed by atoms with E-state index in [0.29, 0.717) is 11.6 Å². The number of fused-ring (bicyclic) bond motifs is 3. The first-order valence-corrected chi connectivity index (χ1v) is 6.53. The Morgan fingerprint density at radius 1 is 1.15 bits per heavy atom. The van der Waals surface area contributed by atoms with Crippen LogP contribution < -0.4 is 0 Å². The van der Waals surface area contributed by atoms with Crippen molar-refractivity contribution in [1.29, 1.82) is 0 Å². The number of hydrogen-bond donors (Lipinski definition) is 1. The molecule has 20 heavy (non-hydrogen) atoms. The monoisotopic (exact) mass is 295 g/mol. The number of thiazole rings is 1. The minimum absolute atomic E-state index is 0.131. The van der Waals surface area contributed by atoms with E-state index in [4.69, 9.17) is 5.11 Å². The molecule has 0 aliphatic heterocycles. The van der Waals surface area contributed by atoms with Crippen molar-refractivity contribution in [2.45, 2.75) is 6.18 Å². The molecule has 0 aliphatic carbocycles. The van der Waals surface area contributed by atoms with Gasteiger partial charge in [-0.3, -0.25) is 0 Å². The van der Waals surface area contributed by atoms with Crippen LogP contribution in [0.5, 0.6) is 0 Å². The summed E-state index contributed by atoms with van der Waals surface area (Å²) in [6, 6.07) is 11.2. The molecule has 0 fully saturated rings. The van der Waals surface area contributed by atoms with Gasteiger partial charge in [0.15, 0.2) is 0 Å². The summed E-state index contributed by atoms with van der Waals surface area (Å²) in [5.74, 6) is -1.64. The van der Waals surface area contributed by atoms with E-state index in [-0.39, 0.29) is 5.01 Å². The SMILES string of the molecule is OC(=Cc1nc2c(ccc3ccccc32)s1)C(F)(F)F. The van der Waals surface area contributed by atoms with E-state index in [2.05, 4.69) is 4.98 Å². The molecule has 6 heteroatoms. The zero-order valence-electron chi connectivity index (χ0n) is 9.98. The highest BCUT2D eigenvalue weighted by molar-refractivity contribution is 7.19. The van der Waals surface area contributed by atoms with Crippen LogP contribution in [0.3, 0.4) is 0 Å².